The lowest BCUT2D eigenvalue weighted by atomic mass is 10.1. The van der Waals surface area contributed by atoms with Crippen molar-refractivity contribution in [3.05, 3.63) is 0 Å². The molecule has 3 atom stereocenters. The van der Waals surface area contributed by atoms with Crippen molar-refractivity contribution in [1.82, 2.24) is 5.32 Å². The van der Waals surface area contributed by atoms with Crippen molar-refractivity contribution in [2.24, 2.45) is 0 Å². The van der Waals surface area contributed by atoms with Crippen molar-refractivity contribution in [1.29, 1.82) is 0 Å². The molecule has 0 aromatic rings. The molecule has 70 valence electrons. The summed E-state index contributed by atoms with van der Waals surface area (Å²) in [5, 5.41) is 12.7. The predicted molar refractivity (Wildman–Crippen MR) is 43.0 cm³/mol. The molecule has 3 unspecified atom stereocenters. The van der Waals surface area contributed by atoms with Gasteiger partial charge in [-0.15, -0.1) is 0 Å². The van der Waals surface area contributed by atoms with E-state index in [0.29, 0.717) is 19.3 Å². The zero-order chi connectivity index (χ0) is 8.39. The fourth-order valence-corrected chi connectivity index (χ4v) is 1.67. The van der Waals surface area contributed by atoms with Crippen LogP contribution in [0, 0.1) is 0 Å². The van der Waals surface area contributed by atoms with Gasteiger partial charge in [0.25, 0.3) is 0 Å². The fourth-order valence-electron chi connectivity index (χ4n) is 1.67. The van der Waals surface area contributed by atoms with Gasteiger partial charge in [-0.3, -0.25) is 0 Å². The van der Waals surface area contributed by atoms with E-state index in [4.69, 9.17) is 9.47 Å². The van der Waals surface area contributed by atoms with Crippen LogP contribution in [0.3, 0.4) is 0 Å². The van der Waals surface area contributed by atoms with Gasteiger partial charge in [-0.05, 0) is 6.42 Å². The van der Waals surface area contributed by atoms with Crippen LogP contribution < -0.4 is 5.32 Å². The Morgan fingerprint density at radius 1 is 1.17 bits per heavy atom. The quantitative estimate of drug-likeness (QED) is 0.569. The molecule has 2 heterocycles. The van der Waals surface area contributed by atoms with Gasteiger partial charge in [0.15, 0.2) is 0 Å². The molecular weight excluding hydrogens is 158 g/mol. The van der Waals surface area contributed by atoms with Crippen molar-refractivity contribution in [2.75, 3.05) is 26.4 Å². The van der Waals surface area contributed by atoms with E-state index in [2.05, 4.69) is 5.32 Å². The highest BCUT2D eigenvalue weighted by atomic mass is 16.5. The highest BCUT2D eigenvalue weighted by Gasteiger charge is 2.29. The van der Waals surface area contributed by atoms with Crippen LogP contribution in [-0.2, 0) is 9.47 Å². The summed E-state index contributed by atoms with van der Waals surface area (Å²) in [5.74, 6) is 0. The van der Waals surface area contributed by atoms with E-state index >= 15 is 0 Å². The van der Waals surface area contributed by atoms with Crippen molar-refractivity contribution < 1.29 is 14.6 Å². The van der Waals surface area contributed by atoms with Gasteiger partial charge < -0.3 is 19.9 Å². The van der Waals surface area contributed by atoms with Crippen LogP contribution in [-0.4, -0.2) is 49.7 Å². The number of hydrogen-bond donors (Lipinski definition) is 2. The van der Waals surface area contributed by atoms with Crippen molar-refractivity contribution in [3.8, 4) is 0 Å². The molecule has 0 spiro atoms. The average Bonchev–Trinajstić information content (AvgIpc) is 2.65. The van der Waals surface area contributed by atoms with Crippen molar-refractivity contribution >= 4 is 0 Å². The van der Waals surface area contributed by atoms with Gasteiger partial charge in [-0.25, -0.2) is 0 Å². The summed E-state index contributed by atoms with van der Waals surface area (Å²) in [6, 6.07) is 0.517. The molecule has 2 rings (SSSR count). The summed E-state index contributed by atoms with van der Waals surface area (Å²) in [7, 11) is 0. The Labute approximate surface area is 71.9 Å². The van der Waals surface area contributed by atoms with Crippen LogP contribution >= 0.6 is 0 Å². The van der Waals surface area contributed by atoms with Gasteiger partial charge >= 0.3 is 0 Å². The van der Waals surface area contributed by atoms with E-state index in [1.165, 1.54) is 0 Å². The van der Waals surface area contributed by atoms with E-state index in [0.717, 1.165) is 19.6 Å². The summed E-state index contributed by atoms with van der Waals surface area (Å²) < 4.78 is 10.3. The van der Waals surface area contributed by atoms with Crippen molar-refractivity contribution in [2.45, 2.75) is 24.6 Å². The monoisotopic (exact) mass is 173 g/mol. The topological polar surface area (TPSA) is 50.7 Å². The number of aliphatic hydroxyl groups is 1. The van der Waals surface area contributed by atoms with Gasteiger partial charge in [0, 0.05) is 12.6 Å². The molecule has 0 bridgehead atoms. The lowest BCUT2D eigenvalue weighted by Crippen LogP contribution is -2.45. The van der Waals surface area contributed by atoms with Gasteiger partial charge in [-0.1, -0.05) is 0 Å². The molecule has 0 aliphatic carbocycles. The molecule has 0 aromatic carbocycles. The summed E-state index contributed by atoms with van der Waals surface area (Å²) in [5.41, 5.74) is 0. The van der Waals surface area contributed by atoms with Crippen LogP contribution in [0.4, 0.5) is 0 Å². The van der Waals surface area contributed by atoms with E-state index < -0.39 is 0 Å². The Kier molecular flexibility index (Phi) is 2.60. The Morgan fingerprint density at radius 2 is 2.08 bits per heavy atom. The molecule has 0 aromatic heterocycles. The van der Waals surface area contributed by atoms with Gasteiger partial charge in [-0.2, -0.15) is 0 Å². The Balaban J connectivity index is 1.77. The third-order valence-electron chi connectivity index (χ3n) is 2.43. The van der Waals surface area contributed by atoms with E-state index in [1.54, 1.807) is 0 Å². The zero-order valence-corrected chi connectivity index (χ0v) is 7.03. The predicted octanol–water partition coefficient (Wildman–Crippen LogP) is -0.875. The smallest absolute Gasteiger partial charge is 0.0948 e. The zero-order valence-electron chi connectivity index (χ0n) is 7.03. The molecule has 2 aliphatic heterocycles. The first-order chi connectivity index (χ1) is 5.86. The molecular formula is C8H15NO3. The normalized spacial score (nSPS) is 42.2. The van der Waals surface area contributed by atoms with Crippen LogP contribution in [0.2, 0.25) is 0 Å². The minimum absolute atomic E-state index is 0.108. The standard InChI is InChI=1S/C8H15NO3/c10-8-5-12-4-7(8)9-6-1-2-11-3-6/h6-10H,1-5H2. The molecule has 12 heavy (non-hydrogen) atoms. The molecule has 2 aliphatic rings. The first-order valence-electron chi connectivity index (χ1n) is 4.46. The highest BCUT2D eigenvalue weighted by molar-refractivity contribution is 4.85. The molecule has 0 saturated carbocycles. The largest absolute Gasteiger partial charge is 0.389 e. The van der Waals surface area contributed by atoms with Crippen LogP contribution in [0.5, 0.6) is 0 Å². The number of hydrogen-bond acceptors (Lipinski definition) is 4. The van der Waals surface area contributed by atoms with Gasteiger partial charge in [0.05, 0.1) is 32.0 Å². The van der Waals surface area contributed by atoms with E-state index in [9.17, 15) is 5.11 Å². The first-order valence-corrected chi connectivity index (χ1v) is 4.46. The summed E-state index contributed by atoms with van der Waals surface area (Å²) in [6.45, 7) is 2.69. The van der Waals surface area contributed by atoms with Gasteiger partial charge in [0.2, 0.25) is 0 Å². The highest BCUT2D eigenvalue weighted by Crippen LogP contribution is 2.10. The van der Waals surface area contributed by atoms with Crippen LogP contribution in [0.15, 0.2) is 0 Å². The van der Waals surface area contributed by atoms with Crippen LogP contribution in [0.1, 0.15) is 6.42 Å². The average molecular weight is 173 g/mol. The van der Waals surface area contributed by atoms with E-state index in [1.807, 2.05) is 0 Å². The maximum atomic E-state index is 9.42. The number of nitrogens with one attached hydrogen (secondary N) is 1. The summed E-state index contributed by atoms with van der Waals surface area (Å²) >= 11 is 0. The lowest BCUT2D eigenvalue weighted by Gasteiger charge is -2.18. The first kappa shape index (κ1) is 8.44. The molecule has 2 fully saturated rings. The number of rotatable bonds is 2. The molecule has 4 nitrogen and oxygen atoms in total. The van der Waals surface area contributed by atoms with E-state index in [-0.39, 0.29) is 12.1 Å². The number of ether oxygens (including phenoxy) is 2. The number of aliphatic hydroxyl groups excluding tert-OH is 1. The minimum atomic E-state index is -0.342. The second-order valence-electron chi connectivity index (χ2n) is 3.44. The summed E-state index contributed by atoms with van der Waals surface area (Å²) in [4.78, 5) is 0. The Morgan fingerprint density at radius 3 is 2.67 bits per heavy atom. The molecule has 2 saturated heterocycles. The molecule has 4 heteroatoms. The third-order valence-corrected chi connectivity index (χ3v) is 2.43. The Hall–Kier alpha value is -0.160. The van der Waals surface area contributed by atoms with Crippen molar-refractivity contribution in [3.63, 3.8) is 0 Å². The maximum absolute atomic E-state index is 9.42. The summed E-state index contributed by atoms with van der Waals surface area (Å²) in [6.07, 6.45) is 0.703. The lowest BCUT2D eigenvalue weighted by molar-refractivity contribution is 0.120. The maximum Gasteiger partial charge on any atom is 0.0948 e. The minimum Gasteiger partial charge on any atom is -0.389 e. The van der Waals surface area contributed by atoms with Crippen LogP contribution in [0.25, 0.3) is 0 Å². The molecule has 0 radical (unpaired) electrons. The second-order valence-corrected chi connectivity index (χ2v) is 3.44. The molecule has 0 amide bonds. The fraction of sp³-hybridized carbons (Fsp3) is 1.00. The SMILES string of the molecule is OC1COCC1NC1CCOC1. The van der Waals surface area contributed by atoms with Gasteiger partial charge in [0.1, 0.15) is 0 Å². The molecule has 2 N–H and O–H groups in total. The third kappa shape index (κ3) is 1.77. The second kappa shape index (κ2) is 3.70. The Bertz CT molecular complexity index is 147.